The van der Waals surface area contributed by atoms with Crippen LogP contribution in [-0.2, 0) is 26.8 Å². The second kappa shape index (κ2) is 12.9. The van der Waals surface area contributed by atoms with Crippen LogP contribution < -0.4 is 14.2 Å². The van der Waals surface area contributed by atoms with E-state index in [2.05, 4.69) is 40.7 Å². The van der Waals surface area contributed by atoms with Crippen LogP contribution in [0.5, 0.6) is 5.75 Å². The van der Waals surface area contributed by atoms with Gasteiger partial charge in [0.1, 0.15) is 15.1 Å². The number of benzene rings is 2. The van der Waals surface area contributed by atoms with E-state index in [1.807, 2.05) is 30.5 Å². The van der Waals surface area contributed by atoms with E-state index in [-0.39, 0.29) is 24.3 Å². The van der Waals surface area contributed by atoms with Crippen LogP contribution >= 0.6 is 34.4 Å². The summed E-state index contributed by atoms with van der Waals surface area (Å²) in [5, 5.41) is 4.91. The van der Waals surface area contributed by atoms with Crippen molar-refractivity contribution in [3.63, 3.8) is 0 Å². The van der Waals surface area contributed by atoms with Crippen molar-refractivity contribution in [1.29, 1.82) is 0 Å². The normalized spacial score (nSPS) is 15.2. The summed E-state index contributed by atoms with van der Waals surface area (Å²) < 4.78 is 74.4. The van der Waals surface area contributed by atoms with Crippen LogP contribution in [0.2, 0.25) is 0 Å². The van der Waals surface area contributed by atoms with Crippen molar-refractivity contribution in [2.75, 3.05) is 30.1 Å². The third-order valence-electron chi connectivity index (χ3n) is 7.09. The minimum Gasteiger partial charge on any atom is -0.496 e. The summed E-state index contributed by atoms with van der Waals surface area (Å²) in [4.78, 5) is 3.18. The van der Waals surface area contributed by atoms with Crippen LogP contribution in [0.25, 0.3) is 26.4 Å². The molecule has 2 aromatic carbocycles. The molecule has 0 bridgehead atoms. The molecule has 0 unspecified atom stereocenters. The highest BCUT2D eigenvalue weighted by Crippen LogP contribution is 2.47. The molecular weight excluding hydrogens is 649 g/mol. The van der Waals surface area contributed by atoms with Crippen molar-refractivity contribution in [3.8, 4) is 5.75 Å². The first-order valence-electron chi connectivity index (χ1n) is 13.7. The molecule has 0 atom stereocenters. The SMILES string of the molecule is CCC(/C=C1\Sc2ccc(C)cc2N1CCCS(=O)(=O)O)=C\c1sc2cc(OC)c3ccsc3c2[n+]1CCCS(=O)(=O)O. The molecule has 1 aliphatic rings. The molecule has 4 aromatic rings. The van der Waals surface area contributed by atoms with Crippen LogP contribution in [0.15, 0.2) is 57.3 Å². The highest BCUT2D eigenvalue weighted by atomic mass is 32.2. The van der Waals surface area contributed by atoms with Gasteiger partial charge in [0.25, 0.3) is 25.2 Å². The molecule has 0 radical (unpaired) electrons. The summed E-state index contributed by atoms with van der Waals surface area (Å²) in [6, 6.07) is 10.2. The number of aromatic nitrogens is 1. The van der Waals surface area contributed by atoms with E-state index in [1.54, 1.807) is 41.5 Å². The molecule has 1 aliphatic heterocycles. The molecule has 5 rings (SSSR count). The Labute approximate surface area is 264 Å². The standard InChI is InChI=1S/C29H32N2O7S5/c1-4-20(16-26-30(10-5-13-42(32,33)34)22-15-19(2)7-8-24(22)40-26)17-27-31(11-6-14-43(35,36)37)28-25(41-27)18-23(38-3)21-9-12-39-29(21)28/h7-9,12,15-18H,4-6,10-11,13-14H2,1-3H3,(H-,32,33,34,35,36,37)/p+1. The zero-order chi connectivity index (χ0) is 30.9. The third-order valence-corrected chi connectivity index (χ3v) is 11.8. The Morgan fingerprint density at radius 3 is 2.51 bits per heavy atom. The number of ether oxygens (including phenoxy) is 1. The first kappa shape index (κ1) is 31.9. The molecule has 0 saturated carbocycles. The summed E-state index contributed by atoms with van der Waals surface area (Å²) in [6.07, 6.45) is 5.47. The topological polar surface area (TPSA) is 125 Å². The summed E-state index contributed by atoms with van der Waals surface area (Å²) in [5.74, 6) is 0.131. The van der Waals surface area contributed by atoms with Crippen molar-refractivity contribution in [3.05, 3.63) is 63.0 Å². The zero-order valence-corrected chi connectivity index (χ0v) is 28.0. The molecule has 0 fully saturated rings. The van der Waals surface area contributed by atoms with E-state index >= 15 is 0 Å². The van der Waals surface area contributed by atoms with E-state index in [1.165, 1.54) is 0 Å². The molecule has 2 N–H and O–H groups in total. The van der Waals surface area contributed by atoms with Gasteiger partial charge in [-0.3, -0.25) is 9.11 Å². The molecule has 230 valence electrons. The average Bonchev–Trinajstić information content (AvgIpc) is 3.62. The number of aryl methyl sites for hydroxylation is 2. The van der Waals surface area contributed by atoms with E-state index in [4.69, 9.17) is 4.74 Å². The number of thiophene rings is 1. The van der Waals surface area contributed by atoms with E-state index in [0.717, 1.165) is 64.2 Å². The van der Waals surface area contributed by atoms with Crippen LogP contribution in [0, 0.1) is 6.92 Å². The van der Waals surface area contributed by atoms with E-state index < -0.39 is 20.2 Å². The van der Waals surface area contributed by atoms with Gasteiger partial charge in [-0.05, 0) is 60.6 Å². The number of fused-ring (bicyclic) bond motifs is 4. The number of allylic oxidation sites excluding steroid dienone is 2. The van der Waals surface area contributed by atoms with Gasteiger partial charge in [-0.1, -0.05) is 36.1 Å². The zero-order valence-electron chi connectivity index (χ0n) is 23.9. The van der Waals surface area contributed by atoms with E-state index in [9.17, 15) is 25.9 Å². The Morgan fingerprint density at radius 1 is 1.07 bits per heavy atom. The van der Waals surface area contributed by atoms with Gasteiger partial charge >= 0.3 is 0 Å². The Morgan fingerprint density at radius 2 is 1.81 bits per heavy atom. The maximum Gasteiger partial charge on any atom is 0.265 e. The molecule has 0 saturated heterocycles. The first-order chi connectivity index (χ1) is 20.4. The minimum absolute atomic E-state index is 0.254. The lowest BCUT2D eigenvalue weighted by Crippen LogP contribution is -2.36. The second-order valence-corrected chi connectivity index (χ2v) is 16.4. The quantitative estimate of drug-likeness (QED) is 0.127. The number of thiazole rings is 1. The Balaban J connectivity index is 1.58. The number of rotatable bonds is 12. The van der Waals surface area contributed by atoms with Crippen molar-refractivity contribution in [2.45, 2.75) is 44.6 Å². The van der Waals surface area contributed by atoms with Crippen LogP contribution in [-0.4, -0.2) is 51.1 Å². The van der Waals surface area contributed by atoms with Gasteiger partial charge in [-0.25, -0.2) is 0 Å². The van der Waals surface area contributed by atoms with Gasteiger partial charge in [0, 0.05) is 35.4 Å². The van der Waals surface area contributed by atoms with Crippen LogP contribution in [0.3, 0.4) is 0 Å². The maximum atomic E-state index is 11.5. The fourth-order valence-corrected chi connectivity index (χ4v) is 9.46. The molecule has 2 aromatic heterocycles. The van der Waals surface area contributed by atoms with Gasteiger partial charge in [0.2, 0.25) is 5.52 Å². The predicted octanol–water partition coefficient (Wildman–Crippen LogP) is 6.52. The molecule has 0 spiro atoms. The smallest absolute Gasteiger partial charge is 0.265 e. The lowest BCUT2D eigenvalue weighted by atomic mass is 10.1. The molecule has 43 heavy (non-hydrogen) atoms. The molecule has 0 amide bonds. The van der Waals surface area contributed by atoms with Gasteiger partial charge < -0.3 is 9.64 Å². The summed E-state index contributed by atoms with van der Waals surface area (Å²) >= 11 is 4.82. The lowest BCUT2D eigenvalue weighted by Gasteiger charge is -2.21. The number of hydrogen-bond donors (Lipinski definition) is 2. The number of methoxy groups -OCH3 is 1. The summed E-state index contributed by atoms with van der Waals surface area (Å²) in [5.41, 5.74) is 4.15. The summed E-state index contributed by atoms with van der Waals surface area (Å²) in [7, 11) is -6.51. The van der Waals surface area contributed by atoms with Gasteiger partial charge in [0.15, 0.2) is 6.54 Å². The van der Waals surface area contributed by atoms with Crippen molar-refractivity contribution >= 4 is 86.7 Å². The molecule has 9 nitrogen and oxygen atoms in total. The fourth-order valence-electron chi connectivity index (χ4n) is 5.10. The fraction of sp³-hybridized carbons (Fsp3) is 0.345. The van der Waals surface area contributed by atoms with Crippen molar-refractivity contribution in [1.82, 2.24) is 0 Å². The average molecular weight is 682 g/mol. The number of thioether (sulfide) groups is 1. The Kier molecular flexibility index (Phi) is 9.57. The maximum absolute atomic E-state index is 11.5. The Hall–Kier alpha value is -2.46. The van der Waals surface area contributed by atoms with Gasteiger partial charge in [-0.15, -0.1) is 11.3 Å². The van der Waals surface area contributed by atoms with E-state index in [0.29, 0.717) is 13.1 Å². The summed E-state index contributed by atoms with van der Waals surface area (Å²) in [6.45, 7) is 4.92. The third kappa shape index (κ3) is 7.44. The van der Waals surface area contributed by atoms with Crippen LogP contribution in [0.1, 0.15) is 36.8 Å². The van der Waals surface area contributed by atoms with Crippen molar-refractivity contribution < 1.29 is 35.2 Å². The predicted molar refractivity (Wildman–Crippen MR) is 177 cm³/mol. The molecule has 0 aliphatic carbocycles. The van der Waals surface area contributed by atoms with Crippen LogP contribution in [0.4, 0.5) is 5.69 Å². The highest BCUT2D eigenvalue weighted by molar-refractivity contribution is 8.03. The first-order valence-corrected chi connectivity index (χ1v) is 19.4. The number of hydrogen-bond acceptors (Lipinski definition) is 9. The van der Waals surface area contributed by atoms with Crippen molar-refractivity contribution in [2.24, 2.45) is 0 Å². The van der Waals surface area contributed by atoms with Gasteiger partial charge in [-0.2, -0.15) is 21.4 Å². The second-order valence-electron chi connectivity index (χ2n) is 10.2. The lowest BCUT2D eigenvalue weighted by molar-refractivity contribution is -0.667. The molecule has 3 heterocycles. The highest BCUT2D eigenvalue weighted by Gasteiger charge is 2.28. The van der Waals surface area contributed by atoms with Gasteiger partial charge in [0.05, 0.1) is 29.3 Å². The largest absolute Gasteiger partial charge is 0.496 e. The monoisotopic (exact) mass is 681 g/mol. The molecular formula is C29H33N2O7S5+. The number of nitrogens with zero attached hydrogens (tertiary/aromatic N) is 2. The number of anilines is 1. The molecule has 14 heteroatoms. The Bertz CT molecular complexity index is 1960. The minimum atomic E-state index is -4.10.